The highest BCUT2D eigenvalue weighted by Gasteiger charge is 2.31. The van der Waals surface area contributed by atoms with Crippen LogP contribution in [-0.2, 0) is 6.42 Å². The minimum Gasteiger partial charge on any atom is -0.513 e. The Morgan fingerprint density at radius 3 is 2.60 bits per heavy atom. The summed E-state index contributed by atoms with van der Waals surface area (Å²) in [5.41, 5.74) is 0.504. The first-order chi connectivity index (χ1) is 6.87. The van der Waals surface area contributed by atoms with E-state index in [0.717, 1.165) is 0 Å². The lowest BCUT2D eigenvalue weighted by molar-refractivity contribution is -0.274. The summed E-state index contributed by atoms with van der Waals surface area (Å²) in [4.78, 5) is 0. The Labute approximate surface area is 84.6 Å². The summed E-state index contributed by atoms with van der Waals surface area (Å²) in [5, 5.41) is 8.87. The van der Waals surface area contributed by atoms with E-state index in [0.29, 0.717) is 5.56 Å². The Morgan fingerprint density at radius 2 is 2.07 bits per heavy atom. The zero-order chi connectivity index (χ0) is 11.5. The maximum atomic E-state index is 11.8. The summed E-state index contributed by atoms with van der Waals surface area (Å²) in [7, 11) is 0. The lowest BCUT2D eigenvalue weighted by Gasteiger charge is -2.09. The van der Waals surface area contributed by atoms with Gasteiger partial charge in [0.25, 0.3) is 0 Å². The standard InChI is InChI=1S/C10H9F3O2/c1-7(14)5-8-3-2-4-9(6-8)15-10(11,12)13/h2-4,6,14H,1,5H2. The van der Waals surface area contributed by atoms with E-state index in [1.807, 2.05) is 0 Å². The first-order valence-corrected chi connectivity index (χ1v) is 4.08. The third-order valence-electron chi connectivity index (χ3n) is 1.54. The van der Waals surface area contributed by atoms with E-state index in [9.17, 15) is 13.2 Å². The van der Waals surface area contributed by atoms with Crippen LogP contribution in [-0.4, -0.2) is 11.5 Å². The molecule has 0 amide bonds. The van der Waals surface area contributed by atoms with Gasteiger partial charge in [-0.05, 0) is 17.7 Å². The fourth-order valence-corrected chi connectivity index (χ4v) is 1.09. The van der Waals surface area contributed by atoms with Crippen LogP contribution in [0.25, 0.3) is 0 Å². The van der Waals surface area contributed by atoms with Crippen molar-refractivity contribution in [1.29, 1.82) is 0 Å². The van der Waals surface area contributed by atoms with Crippen molar-refractivity contribution >= 4 is 0 Å². The van der Waals surface area contributed by atoms with Gasteiger partial charge in [-0.25, -0.2) is 0 Å². The highest BCUT2D eigenvalue weighted by molar-refractivity contribution is 5.30. The second kappa shape index (κ2) is 4.25. The van der Waals surface area contributed by atoms with Gasteiger partial charge in [0.05, 0.1) is 5.76 Å². The van der Waals surface area contributed by atoms with Gasteiger partial charge >= 0.3 is 6.36 Å². The lowest BCUT2D eigenvalue weighted by Crippen LogP contribution is -2.17. The van der Waals surface area contributed by atoms with Crippen LogP contribution in [0.1, 0.15) is 5.56 Å². The Hall–Kier alpha value is -1.65. The molecule has 2 nitrogen and oxygen atoms in total. The minimum absolute atomic E-state index is 0.106. The molecule has 0 spiro atoms. The number of hydrogen-bond donors (Lipinski definition) is 1. The number of aliphatic hydroxyl groups excluding tert-OH is 1. The summed E-state index contributed by atoms with van der Waals surface area (Å²) < 4.78 is 39.3. The molecular formula is C10H9F3O2. The van der Waals surface area contributed by atoms with Crippen molar-refractivity contribution in [2.75, 3.05) is 0 Å². The van der Waals surface area contributed by atoms with Gasteiger partial charge in [-0.3, -0.25) is 0 Å². The minimum atomic E-state index is -4.70. The van der Waals surface area contributed by atoms with E-state index in [1.54, 1.807) is 6.07 Å². The van der Waals surface area contributed by atoms with Gasteiger partial charge in [-0.2, -0.15) is 0 Å². The summed E-state index contributed by atoms with van der Waals surface area (Å²) >= 11 is 0. The molecule has 5 heteroatoms. The van der Waals surface area contributed by atoms with Crippen LogP contribution in [0, 0.1) is 0 Å². The Kier molecular flexibility index (Phi) is 3.24. The molecule has 1 aromatic carbocycles. The van der Waals surface area contributed by atoms with Crippen molar-refractivity contribution in [3.05, 3.63) is 42.2 Å². The molecule has 0 heterocycles. The van der Waals surface area contributed by atoms with E-state index in [1.165, 1.54) is 18.2 Å². The van der Waals surface area contributed by atoms with Gasteiger partial charge in [-0.1, -0.05) is 18.7 Å². The predicted octanol–water partition coefficient (Wildman–Crippen LogP) is 3.20. The number of benzene rings is 1. The van der Waals surface area contributed by atoms with E-state index >= 15 is 0 Å². The number of rotatable bonds is 3. The molecule has 1 aromatic rings. The number of allylic oxidation sites excluding steroid dienone is 1. The van der Waals surface area contributed by atoms with Gasteiger partial charge in [0.15, 0.2) is 0 Å². The molecule has 0 aromatic heterocycles. The molecule has 1 rings (SSSR count). The van der Waals surface area contributed by atoms with Gasteiger partial charge in [0.2, 0.25) is 0 Å². The molecule has 0 unspecified atom stereocenters. The molecule has 0 saturated heterocycles. The third kappa shape index (κ3) is 4.39. The number of aliphatic hydroxyl groups is 1. The summed E-state index contributed by atoms with van der Waals surface area (Å²) in [6.45, 7) is 3.25. The highest BCUT2D eigenvalue weighted by atomic mass is 19.4. The van der Waals surface area contributed by atoms with Crippen molar-refractivity contribution in [3.63, 3.8) is 0 Å². The molecule has 0 aliphatic heterocycles. The van der Waals surface area contributed by atoms with Crippen molar-refractivity contribution < 1.29 is 23.0 Å². The van der Waals surface area contributed by atoms with Crippen LogP contribution in [0.3, 0.4) is 0 Å². The average molecular weight is 218 g/mol. The Balaban J connectivity index is 2.79. The van der Waals surface area contributed by atoms with Crippen LogP contribution < -0.4 is 4.74 Å². The van der Waals surface area contributed by atoms with E-state index in [4.69, 9.17) is 5.11 Å². The molecule has 0 saturated carbocycles. The van der Waals surface area contributed by atoms with Gasteiger partial charge < -0.3 is 9.84 Å². The summed E-state index contributed by atoms with van der Waals surface area (Å²) in [5.74, 6) is -0.416. The van der Waals surface area contributed by atoms with Crippen LogP contribution >= 0.6 is 0 Å². The largest absolute Gasteiger partial charge is 0.573 e. The van der Waals surface area contributed by atoms with Gasteiger partial charge in [0.1, 0.15) is 5.75 Å². The number of halogens is 3. The fraction of sp³-hybridized carbons (Fsp3) is 0.200. The molecule has 0 aliphatic carbocycles. The Bertz CT molecular complexity index is 358. The van der Waals surface area contributed by atoms with Crippen molar-refractivity contribution in [3.8, 4) is 5.75 Å². The smallest absolute Gasteiger partial charge is 0.513 e. The number of ether oxygens (including phenoxy) is 1. The first kappa shape index (κ1) is 11.4. The average Bonchev–Trinajstić information content (AvgIpc) is 1.99. The SMILES string of the molecule is C=C(O)Cc1cccc(OC(F)(F)F)c1. The molecule has 0 bridgehead atoms. The van der Waals surface area contributed by atoms with Crippen molar-refractivity contribution in [1.82, 2.24) is 0 Å². The lowest BCUT2D eigenvalue weighted by atomic mass is 10.1. The molecule has 15 heavy (non-hydrogen) atoms. The molecule has 82 valence electrons. The zero-order valence-corrected chi connectivity index (χ0v) is 7.71. The van der Waals surface area contributed by atoms with Gasteiger partial charge in [-0.15, -0.1) is 13.2 Å². The zero-order valence-electron chi connectivity index (χ0n) is 7.71. The van der Waals surface area contributed by atoms with Gasteiger partial charge in [0, 0.05) is 6.42 Å². The molecule has 0 fully saturated rings. The number of alkyl halides is 3. The quantitative estimate of drug-likeness (QED) is 0.789. The predicted molar refractivity (Wildman–Crippen MR) is 48.6 cm³/mol. The van der Waals surface area contributed by atoms with E-state index in [-0.39, 0.29) is 17.9 Å². The molecule has 1 N–H and O–H groups in total. The third-order valence-corrected chi connectivity index (χ3v) is 1.54. The first-order valence-electron chi connectivity index (χ1n) is 4.08. The Morgan fingerprint density at radius 1 is 1.40 bits per heavy atom. The monoisotopic (exact) mass is 218 g/mol. The second-order valence-electron chi connectivity index (χ2n) is 2.94. The van der Waals surface area contributed by atoms with Crippen molar-refractivity contribution in [2.24, 2.45) is 0 Å². The molecule has 0 aliphatic rings. The van der Waals surface area contributed by atoms with Crippen molar-refractivity contribution in [2.45, 2.75) is 12.8 Å². The second-order valence-corrected chi connectivity index (χ2v) is 2.94. The highest BCUT2D eigenvalue weighted by Crippen LogP contribution is 2.23. The van der Waals surface area contributed by atoms with Crippen LogP contribution in [0.2, 0.25) is 0 Å². The normalized spacial score (nSPS) is 11.1. The van der Waals surface area contributed by atoms with Crippen LogP contribution in [0.4, 0.5) is 13.2 Å². The molecular weight excluding hydrogens is 209 g/mol. The summed E-state index contributed by atoms with van der Waals surface area (Å²) in [6.07, 6.45) is -4.59. The van der Waals surface area contributed by atoms with E-state index in [2.05, 4.69) is 11.3 Å². The molecule has 0 atom stereocenters. The maximum Gasteiger partial charge on any atom is 0.573 e. The van der Waals surface area contributed by atoms with E-state index < -0.39 is 6.36 Å². The fourth-order valence-electron chi connectivity index (χ4n) is 1.09. The van der Waals surface area contributed by atoms with Crippen LogP contribution in [0.5, 0.6) is 5.75 Å². The topological polar surface area (TPSA) is 29.5 Å². The summed E-state index contributed by atoms with van der Waals surface area (Å²) in [6, 6.07) is 5.38. The number of hydrogen-bond acceptors (Lipinski definition) is 2. The molecule has 0 radical (unpaired) electrons. The maximum absolute atomic E-state index is 11.8. The van der Waals surface area contributed by atoms with Crippen LogP contribution in [0.15, 0.2) is 36.6 Å².